The van der Waals surface area contributed by atoms with E-state index in [0.717, 1.165) is 48.7 Å². The number of anilines is 2. The van der Waals surface area contributed by atoms with Gasteiger partial charge in [-0.15, -0.1) is 4.83 Å². The molecule has 0 radical (unpaired) electrons. The van der Waals surface area contributed by atoms with E-state index in [-0.39, 0.29) is 26.2 Å². The van der Waals surface area contributed by atoms with Crippen LogP contribution in [0.1, 0.15) is 0 Å². The van der Waals surface area contributed by atoms with Crippen LogP contribution in [0.2, 0.25) is 5.02 Å². The molecule has 0 spiro atoms. The zero-order valence-electron chi connectivity index (χ0n) is 17.7. The summed E-state index contributed by atoms with van der Waals surface area (Å²) in [5, 5.41) is 11.3. The third-order valence-corrected chi connectivity index (χ3v) is 8.59. The van der Waals surface area contributed by atoms with E-state index in [2.05, 4.69) is 10.1 Å². The maximum absolute atomic E-state index is 13.0. The second kappa shape index (κ2) is 9.79. The predicted octanol–water partition coefficient (Wildman–Crippen LogP) is 2.76. The Balaban J connectivity index is 1.95. The van der Waals surface area contributed by atoms with Gasteiger partial charge in [0.25, 0.3) is 25.7 Å². The highest BCUT2D eigenvalue weighted by Crippen LogP contribution is 2.30. The van der Waals surface area contributed by atoms with Gasteiger partial charge in [0.05, 0.1) is 31.1 Å². The fourth-order valence-electron chi connectivity index (χ4n) is 2.74. The second-order valence-corrected chi connectivity index (χ2v) is 12.8. The van der Waals surface area contributed by atoms with Crippen LogP contribution < -0.4 is 15.0 Å². The van der Waals surface area contributed by atoms with Crippen molar-refractivity contribution in [1.29, 1.82) is 0 Å². The van der Waals surface area contributed by atoms with Crippen molar-refractivity contribution in [2.75, 3.05) is 16.4 Å². The molecule has 186 valence electrons. The van der Waals surface area contributed by atoms with Crippen molar-refractivity contribution < 1.29 is 30.2 Å². The minimum atomic E-state index is -4.48. The molecule has 0 aliphatic heterocycles. The van der Waals surface area contributed by atoms with E-state index < -0.39 is 45.4 Å². The lowest BCUT2D eigenvalue weighted by molar-refractivity contribution is -0.385. The molecule has 0 amide bonds. The van der Waals surface area contributed by atoms with Crippen molar-refractivity contribution in [3.8, 4) is 0 Å². The predicted molar refractivity (Wildman–Crippen MR) is 129 cm³/mol. The maximum Gasteiger partial charge on any atom is 0.270 e. The Hall–Kier alpha value is -3.24. The average Bonchev–Trinajstić information content (AvgIpc) is 2.78. The van der Waals surface area contributed by atoms with Gasteiger partial charge in [-0.25, -0.2) is 25.3 Å². The molecule has 12 nitrogen and oxygen atoms in total. The molecule has 0 aliphatic rings. The standard InChI is InChI=1S/C19H17ClN4O8S3/c1-33(27,28)14-7-9-15(10-8-14)34(29,30)23-21-18-11-6-13(24(25)26)12-19(18)35(31,32)22-17-5-3-2-4-16(17)20/h2-12,21-23H,1H3. The number of non-ortho nitro benzene ring substituents is 1. The molecule has 0 saturated carbocycles. The number of halogens is 1. The molecule has 3 rings (SSSR count). The van der Waals surface area contributed by atoms with E-state index >= 15 is 0 Å². The fraction of sp³-hybridized carbons (Fsp3) is 0.0526. The first-order chi connectivity index (χ1) is 16.2. The minimum Gasteiger partial charge on any atom is -0.306 e. The summed E-state index contributed by atoms with van der Waals surface area (Å²) in [7, 11) is -12.3. The summed E-state index contributed by atoms with van der Waals surface area (Å²) in [5.41, 5.74) is 1.35. The van der Waals surface area contributed by atoms with E-state index in [0.29, 0.717) is 0 Å². The van der Waals surface area contributed by atoms with E-state index in [1.165, 1.54) is 18.2 Å². The molecular weight excluding hydrogens is 544 g/mol. The molecule has 35 heavy (non-hydrogen) atoms. The van der Waals surface area contributed by atoms with Gasteiger partial charge in [0.1, 0.15) is 4.90 Å². The smallest absolute Gasteiger partial charge is 0.270 e. The van der Waals surface area contributed by atoms with Crippen LogP contribution in [0.4, 0.5) is 17.1 Å². The van der Waals surface area contributed by atoms with Gasteiger partial charge in [-0.2, -0.15) is 0 Å². The number of rotatable bonds is 9. The number of nitro benzene ring substituents is 1. The Morgan fingerprint density at radius 2 is 1.40 bits per heavy atom. The van der Waals surface area contributed by atoms with E-state index in [9.17, 15) is 35.4 Å². The Bertz CT molecular complexity index is 1610. The third kappa shape index (κ3) is 6.26. The zero-order chi connectivity index (χ0) is 26.0. The van der Waals surface area contributed by atoms with Crippen molar-refractivity contribution in [3.63, 3.8) is 0 Å². The largest absolute Gasteiger partial charge is 0.306 e. The molecular formula is C19H17ClN4O8S3. The van der Waals surface area contributed by atoms with Crippen molar-refractivity contribution in [1.82, 2.24) is 4.83 Å². The molecule has 3 aromatic carbocycles. The van der Waals surface area contributed by atoms with Crippen LogP contribution in [0.25, 0.3) is 0 Å². The molecule has 0 aliphatic carbocycles. The van der Waals surface area contributed by atoms with Crippen LogP contribution in [-0.4, -0.2) is 36.4 Å². The van der Waals surface area contributed by atoms with Crippen LogP contribution >= 0.6 is 11.6 Å². The number of hydrazine groups is 1. The van der Waals surface area contributed by atoms with Crippen molar-refractivity contribution in [2.45, 2.75) is 14.7 Å². The highest BCUT2D eigenvalue weighted by atomic mass is 35.5. The second-order valence-electron chi connectivity index (χ2n) is 7.00. The number of hydrogen-bond donors (Lipinski definition) is 3. The summed E-state index contributed by atoms with van der Waals surface area (Å²) in [6.45, 7) is 0. The molecule has 0 unspecified atom stereocenters. The van der Waals surface area contributed by atoms with Gasteiger partial charge < -0.3 is 5.43 Å². The first kappa shape index (κ1) is 26.4. The number of sulfonamides is 2. The Kier molecular flexibility index (Phi) is 7.37. The topological polar surface area (TPSA) is 182 Å². The molecule has 3 aromatic rings. The summed E-state index contributed by atoms with van der Waals surface area (Å²) in [6.07, 6.45) is 0.962. The molecule has 3 N–H and O–H groups in total. The minimum absolute atomic E-state index is 0.00169. The Labute approximate surface area is 206 Å². The summed E-state index contributed by atoms with van der Waals surface area (Å²) in [5.74, 6) is 0. The van der Waals surface area contributed by atoms with Gasteiger partial charge in [-0.1, -0.05) is 23.7 Å². The highest BCUT2D eigenvalue weighted by Gasteiger charge is 2.25. The lowest BCUT2D eigenvalue weighted by Crippen LogP contribution is -2.30. The monoisotopic (exact) mass is 560 g/mol. The quantitative estimate of drug-likeness (QED) is 0.262. The van der Waals surface area contributed by atoms with Crippen molar-refractivity contribution in [3.05, 3.63) is 81.9 Å². The third-order valence-electron chi connectivity index (χ3n) is 4.47. The summed E-state index contributed by atoms with van der Waals surface area (Å²) < 4.78 is 76.6. The number of sulfone groups is 1. The zero-order valence-corrected chi connectivity index (χ0v) is 20.9. The van der Waals surface area contributed by atoms with E-state index in [1.807, 2.05) is 4.83 Å². The van der Waals surface area contributed by atoms with Crippen LogP contribution in [0, 0.1) is 10.1 Å². The van der Waals surface area contributed by atoms with Gasteiger partial charge in [-0.3, -0.25) is 14.8 Å². The number of para-hydroxylation sites is 1. The molecule has 0 saturated heterocycles. The van der Waals surface area contributed by atoms with Crippen molar-refractivity contribution >= 4 is 58.5 Å². The number of nitrogens with one attached hydrogen (secondary N) is 3. The highest BCUT2D eigenvalue weighted by molar-refractivity contribution is 7.93. The molecule has 16 heteroatoms. The van der Waals surface area contributed by atoms with Crippen LogP contribution in [0.15, 0.2) is 81.4 Å². The van der Waals surface area contributed by atoms with E-state index in [4.69, 9.17) is 11.6 Å². The summed E-state index contributed by atoms with van der Waals surface area (Å²) >= 11 is 5.99. The summed E-state index contributed by atoms with van der Waals surface area (Å²) in [4.78, 5) is 11.3. The van der Waals surface area contributed by atoms with Crippen LogP contribution in [0.3, 0.4) is 0 Å². The number of nitrogens with zero attached hydrogens (tertiary/aromatic N) is 1. The van der Waals surface area contributed by atoms with Crippen molar-refractivity contribution in [2.24, 2.45) is 0 Å². The average molecular weight is 561 g/mol. The Morgan fingerprint density at radius 3 is 1.97 bits per heavy atom. The molecule has 0 bridgehead atoms. The fourth-order valence-corrected chi connectivity index (χ4v) is 5.73. The first-order valence-electron chi connectivity index (χ1n) is 9.34. The van der Waals surface area contributed by atoms with Gasteiger partial charge in [0.15, 0.2) is 9.84 Å². The lowest BCUT2D eigenvalue weighted by Gasteiger charge is -2.15. The molecule has 0 heterocycles. The van der Waals surface area contributed by atoms with Gasteiger partial charge in [0.2, 0.25) is 0 Å². The molecule has 0 fully saturated rings. The Morgan fingerprint density at radius 1 is 0.800 bits per heavy atom. The number of nitro groups is 1. The van der Waals surface area contributed by atoms with Gasteiger partial charge in [0, 0.05) is 18.4 Å². The maximum atomic E-state index is 13.0. The van der Waals surface area contributed by atoms with Gasteiger partial charge >= 0.3 is 0 Å². The van der Waals surface area contributed by atoms with E-state index in [1.54, 1.807) is 6.07 Å². The van der Waals surface area contributed by atoms with Gasteiger partial charge in [-0.05, 0) is 42.5 Å². The molecule has 0 aromatic heterocycles. The van der Waals surface area contributed by atoms with Crippen LogP contribution in [0.5, 0.6) is 0 Å². The summed E-state index contributed by atoms with van der Waals surface area (Å²) in [6, 6.07) is 12.9. The first-order valence-corrected chi connectivity index (χ1v) is 14.6. The number of benzene rings is 3. The number of hydrogen-bond acceptors (Lipinski definition) is 9. The normalized spacial score (nSPS) is 12.2. The lowest BCUT2D eigenvalue weighted by atomic mass is 10.3. The SMILES string of the molecule is CS(=O)(=O)c1ccc(S(=O)(=O)NNc2ccc([N+](=O)[O-])cc2S(=O)(=O)Nc2ccccc2Cl)cc1. The molecule has 0 atom stereocenters. The van der Waals surface area contributed by atoms with Crippen LogP contribution in [-0.2, 0) is 29.9 Å².